The van der Waals surface area contributed by atoms with Crippen molar-refractivity contribution in [3.63, 3.8) is 0 Å². The van der Waals surface area contributed by atoms with E-state index in [0.29, 0.717) is 16.3 Å². The summed E-state index contributed by atoms with van der Waals surface area (Å²) in [6.07, 6.45) is 0. The van der Waals surface area contributed by atoms with Gasteiger partial charge >= 0.3 is 0 Å². The van der Waals surface area contributed by atoms with Crippen molar-refractivity contribution < 1.29 is 4.79 Å². The summed E-state index contributed by atoms with van der Waals surface area (Å²) in [5, 5.41) is 8.07. The standard InChI is InChI=1S/C10H7Cl5N2O/c1-5-2-6(12)3-7(13)9(5)16-17-10(14,15)8(18)4-11/h2-3H,4H2,1H3/b17-16+. The Balaban J connectivity index is 3.09. The van der Waals surface area contributed by atoms with Crippen LogP contribution in [0.5, 0.6) is 0 Å². The van der Waals surface area contributed by atoms with Gasteiger partial charge in [0.1, 0.15) is 5.69 Å². The highest BCUT2D eigenvalue weighted by Crippen LogP contribution is 2.34. The lowest BCUT2D eigenvalue weighted by atomic mass is 10.2. The molecule has 98 valence electrons. The molecule has 0 saturated carbocycles. The minimum absolute atomic E-state index is 0.284. The normalized spacial score (nSPS) is 12.1. The highest BCUT2D eigenvalue weighted by molar-refractivity contribution is 6.60. The third-order valence-corrected chi connectivity index (χ3v) is 3.27. The second kappa shape index (κ2) is 6.40. The topological polar surface area (TPSA) is 41.8 Å². The molecule has 1 rings (SSSR count). The Morgan fingerprint density at radius 1 is 1.33 bits per heavy atom. The number of Topliss-reactive ketones (excluding diaryl/α,β-unsaturated/α-hetero) is 1. The van der Waals surface area contributed by atoms with Crippen LogP contribution < -0.4 is 0 Å². The van der Waals surface area contributed by atoms with E-state index in [1.165, 1.54) is 6.07 Å². The number of hydrogen-bond donors (Lipinski definition) is 0. The molecule has 0 aliphatic carbocycles. The van der Waals surface area contributed by atoms with E-state index in [-0.39, 0.29) is 10.9 Å². The van der Waals surface area contributed by atoms with Crippen molar-refractivity contribution in [1.29, 1.82) is 0 Å². The molecule has 0 aromatic heterocycles. The summed E-state index contributed by atoms with van der Waals surface area (Å²) in [4.78, 5) is 11.3. The molecule has 1 aromatic rings. The zero-order valence-corrected chi connectivity index (χ0v) is 12.8. The molecular formula is C10H7Cl5N2O. The number of carbonyl (C=O) groups excluding carboxylic acids is 1. The molecule has 0 N–H and O–H groups in total. The fraction of sp³-hybridized carbons (Fsp3) is 0.300. The third kappa shape index (κ3) is 3.97. The first-order chi connectivity index (χ1) is 8.27. The first kappa shape index (κ1) is 16.0. The van der Waals surface area contributed by atoms with Gasteiger partial charge in [-0.3, -0.25) is 4.79 Å². The van der Waals surface area contributed by atoms with E-state index in [0.717, 1.165) is 0 Å². The second-order valence-electron chi connectivity index (χ2n) is 3.35. The van der Waals surface area contributed by atoms with E-state index in [4.69, 9.17) is 58.0 Å². The molecule has 18 heavy (non-hydrogen) atoms. The molecule has 0 aliphatic rings. The van der Waals surface area contributed by atoms with Crippen LogP contribution in [-0.2, 0) is 4.79 Å². The molecule has 0 spiro atoms. The van der Waals surface area contributed by atoms with Gasteiger partial charge in [0.15, 0.2) is 0 Å². The lowest BCUT2D eigenvalue weighted by Crippen LogP contribution is -2.24. The number of benzene rings is 1. The van der Waals surface area contributed by atoms with E-state index >= 15 is 0 Å². The summed E-state index contributed by atoms with van der Waals surface area (Å²) in [5.74, 6) is -1.03. The van der Waals surface area contributed by atoms with Crippen LogP contribution in [0, 0.1) is 6.92 Å². The fourth-order valence-corrected chi connectivity index (χ4v) is 2.24. The number of carbonyl (C=O) groups is 1. The molecular weight excluding hydrogens is 341 g/mol. The maximum Gasteiger partial charge on any atom is 0.287 e. The summed E-state index contributed by atoms with van der Waals surface area (Å²) >= 11 is 28.4. The van der Waals surface area contributed by atoms with Gasteiger partial charge in [-0.05, 0) is 24.6 Å². The van der Waals surface area contributed by atoms with E-state index in [1.807, 2.05) is 0 Å². The molecule has 0 saturated heterocycles. The first-order valence-electron chi connectivity index (χ1n) is 4.63. The zero-order valence-electron chi connectivity index (χ0n) is 9.05. The van der Waals surface area contributed by atoms with Gasteiger partial charge in [-0.25, -0.2) is 0 Å². The number of rotatable bonds is 4. The van der Waals surface area contributed by atoms with Gasteiger partial charge in [0.2, 0.25) is 5.78 Å². The number of halogens is 5. The van der Waals surface area contributed by atoms with E-state index in [9.17, 15) is 4.79 Å². The number of alkyl halides is 3. The van der Waals surface area contributed by atoms with Gasteiger partial charge in [0, 0.05) is 5.02 Å². The number of nitrogens with zero attached hydrogens (tertiary/aromatic N) is 2. The molecule has 0 aliphatic heterocycles. The largest absolute Gasteiger partial charge is 0.293 e. The van der Waals surface area contributed by atoms with Crippen molar-refractivity contribution in [3.05, 3.63) is 27.7 Å². The van der Waals surface area contributed by atoms with Gasteiger partial charge in [-0.2, -0.15) is 5.11 Å². The van der Waals surface area contributed by atoms with Crippen LogP contribution in [-0.4, -0.2) is 16.1 Å². The number of aryl methyl sites for hydroxylation is 1. The molecule has 0 radical (unpaired) electrons. The average molecular weight is 348 g/mol. The molecule has 0 heterocycles. The summed E-state index contributed by atoms with van der Waals surface area (Å²) in [6, 6.07) is 3.15. The van der Waals surface area contributed by atoms with E-state index in [1.54, 1.807) is 13.0 Å². The maximum atomic E-state index is 11.3. The van der Waals surface area contributed by atoms with Gasteiger partial charge < -0.3 is 0 Å². The van der Waals surface area contributed by atoms with Crippen LogP contribution in [0.15, 0.2) is 22.4 Å². The molecule has 1 aromatic carbocycles. The van der Waals surface area contributed by atoms with Gasteiger partial charge in [-0.15, -0.1) is 16.7 Å². The molecule has 0 atom stereocenters. The van der Waals surface area contributed by atoms with Crippen LogP contribution in [0.1, 0.15) is 5.56 Å². The van der Waals surface area contributed by atoms with Crippen LogP contribution >= 0.6 is 58.0 Å². The molecule has 8 heteroatoms. The Bertz CT molecular complexity index is 478. The Kier molecular flexibility index (Phi) is 5.68. The van der Waals surface area contributed by atoms with E-state index in [2.05, 4.69) is 10.2 Å². The highest BCUT2D eigenvalue weighted by atomic mass is 35.5. The fourth-order valence-electron chi connectivity index (χ4n) is 1.07. The molecule has 3 nitrogen and oxygen atoms in total. The van der Waals surface area contributed by atoms with Crippen LogP contribution in [0.3, 0.4) is 0 Å². The Morgan fingerprint density at radius 3 is 2.44 bits per heavy atom. The van der Waals surface area contributed by atoms with Gasteiger partial charge in [-0.1, -0.05) is 46.4 Å². The predicted octanol–water partition coefficient (Wildman–Crippen LogP) is 5.32. The third-order valence-electron chi connectivity index (χ3n) is 1.95. The Morgan fingerprint density at radius 2 is 1.94 bits per heavy atom. The monoisotopic (exact) mass is 346 g/mol. The summed E-state index contributed by atoms with van der Waals surface area (Å²) in [6.45, 7) is 1.74. The smallest absolute Gasteiger partial charge is 0.287 e. The van der Waals surface area contributed by atoms with Crippen LogP contribution in [0.25, 0.3) is 0 Å². The Labute approximate surface area is 129 Å². The SMILES string of the molecule is Cc1cc(Cl)cc(Cl)c1/N=N/C(Cl)(Cl)C(=O)CCl. The summed E-state index contributed by atoms with van der Waals surface area (Å²) in [7, 11) is 0. The highest BCUT2D eigenvalue weighted by Gasteiger charge is 2.32. The summed E-state index contributed by atoms with van der Waals surface area (Å²) < 4.78 is -2.02. The quantitative estimate of drug-likeness (QED) is 0.412. The van der Waals surface area contributed by atoms with Crippen molar-refractivity contribution in [2.24, 2.45) is 10.2 Å². The number of hydrogen-bond acceptors (Lipinski definition) is 3. The van der Waals surface area contributed by atoms with Crippen LogP contribution in [0.4, 0.5) is 5.69 Å². The lowest BCUT2D eigenvalue weighted by Gasteiger charge is -2.10. The molecule has 0 fully saturated rings. The zero-order chi connectivity index (χ0) is 13.9. The first-order valence-corrected chi connectivity index (χ1v) is 6.68. The van der Waals surface area contributed by atoms with Crippen molar-refractivity contribution in [2.45, 2.75) is 11.4 Å². The van der Waals surface area contributed by atoms with Crippen molar-refractivity contribution in [3.8, 4) is 0 Å². The molecule has 0 amide bonds. The average Bonchev–Trinajstić information content (AvgIpc) is 2.26. The van der Waals surface area contributed by atoms with Crippen molar-refractivity contribution in [2.75, 3.05) is 5.88 Å². The molecule has 0 bridgehead atoms. The van der Waals surface area contributed by atoms with Crippen molar-refractivity contribution in [1.82, 2.24) is 0 Å². The predicted molar refractivity (Wildman–Crippen MR) is 75.9 cm³/mol. The minimum atomic E-state index is -2.02. The minimum Gasteiger partial charge on any atom is -0.293 e. The van der Waals surface area contributed by atoms with Gasteiger partial charge in [0.25, 0.3) is 4.46 Å². The van der Waals surface area contributed by atoms with Gasteiger partial charge in [0.05, 0.1) is 10.9 Å². The lowest BCUT2D eigenvalue weighted by molar-refractivity contribution is -0.117. The van der Waals surface area contributed by atoms with Crippen molar-refractivity contribution >= 4 is 69.5 Å². The number of azo groups is 1. The van der Waals surface area contributed by atoms with E-state index < -0.39 is 10.2 Å². The second-order valence-corrected chi connectivity index (χ2v) is 5.75. The summed E-state index contributed by atoms with van der Waals surface area (Å²) in [5.41, 5.74) is 1.02. The van der Waals surface area contributed by atoms with Crippen LogP contribution in [0.2, 0.25) is 10.0 Å². The Hall–Kier alpha value is -0.0600. The maximum absolute atomic E-state index is 11.3. The molecule has 0 unspecified atom stereocenters. The number of ketones is 1.